The van der Waals surface area contributed by atoms with Gasteiger partial charge in [-0.3, -0.25) is 4.79 Å². The van der Waals surface area contributed by atoms with Gasteiger partial charge in [-0.2, -0.15) is 0 Å². The average Bonchev–Trinajstić information content (AvgIpc) is 3.19. The zero-order valence-electron chi connectivity index (χ0n) is 13.3. The average molecular weight is 281 g/mol. The topological polar surface area (TPSA) is 58.4 Å². The Hall–Kier alpha value is -0.610. The maximum atomic E-state index is 11.8. The summed E-state index contributed by atoms with van der Waals surface area (Å²) in [6.45, 7) is 5.25. The smallest absolute Gasteiger partial charge is 0.237 e. The number of amides is 1. The molecular formula is C16H31N3O. The molecular weight excluding hydrogens is 250 g/mol. The first-order chi connectivity index (χ1) is 9.40. The first-order valence-electron chi connectivity index (χ1n) is 8.18. The summed E-state index contributed by atoms with van der Waals surface area (Å²) in [7, 11) is 2.20. The molecule has 20 heavy (non-hydrogen) atoms. The molecule has 2 aliphatic carbocycles. The maximum Gasteiger partial charge on any atom is 0.237 e. The van der Waals surface area contributed by atoms with Crippen LogP contribution in [-0.4, -0.2) is 42.0 Å². The molecule has 2 saturated carbocycles. The van der Waals surface area contributed by atoms with Gasteiger partial charge in [0.2, 0.25) is 5.91 Å². The van der Waals surface area contributed by atoms with E-state index in [1.54, 1.807) is 0 Å². The minimum Gasteiger partial charge on any atom is -0.368 e. The van der Waals surface area contributed by atoms with E-state index in [-0.39, 0.29) is 5.91 Å². The normalized spacial score (nSPS) is 30.2. The van der Waals surface area contributed by atoms with Gasteiger partial charge in [0.05, 0.1) is 5.54 Å². The van der Waals surface area contributed by atoms with Gasteiger partial charge in [0.25, 0.3) is 0 Å². The molecule has 3 unspecified atom stereocenters. The maximum absolute atomic E-state index is 11.8. The van der Waals surface area contributed by atoms with E-state index in [2.05, 4.69) is 24.2 Å². The minimum atomic E-state index is -0.546. The van der Waals surface area contributed by atoms with E-state index in [0.29, 0.717) is 12.1 Å². The van der Waals surface area contributed by atoms with Crippen LogP contribution >= 0.6 is 0 Å². The molecule has 0 aliphatic heterocycles. The van der Waals surface area contributed by atoms with E-state index in [1.165, 1.54) is 38.5 Å². The Morgan fingerprint density at radius 3 is 2.60 bits per heavy atom. The highest BCUT2D eigenvalue weighted by Gasteiger charge is 2.37. The Balaban J connectivity index is 1.83. The fraction of sp³-hybridized carbons (Fsp3) is 0.938. The molecule has 116 valence electrons. The molecule has 1 amide bonds. The number of nitrogens with zero attached hydrogens (tertiary/aromatic N) is 1. The summed E-state index contributed by atoms with van der Waals surface area (Å²) >= 11 is 0. The Kier molecular flexibility index (Phi) is 5.08. The molecule has 4 nitrogen and oxygen atoms in total. The van der Waals surface area contributed by atoms with Gasteiger partial charge in [-0.1, -0.05) is 19.8 Å². The Labute approximate surface area is 123 Å². The highest BCUT2D eigenvalue weighted by atomic mass is 16.1. The van der Waals surface area contributed by atoms with Crippen LogP contribution in [0.15, 0.2) is 0 Å². The standard InChI is InChI=1S/C16H31N3O/c1-12-5-4-6-14(11-12)19(3)10-9-16(2,15(17)20)18-13-7-8-13/h12-14,18H,4-11H2,1-3H3,(H2,17,20). The monoisotopic (exact) mass is 281 g/mol. The van der Waals surface area contributed by atoms with Gasteiger partial charge in [0, 0.05) is 18.6 Å². The lowest BCUT2D eigenvalue weighted by Crippen LogP contribution is -2.55. The lowest BCUT2D eigenvalue weighted by Gasteiger charge is -2.36. The van der Waals surface area contributed by atoms with Crippen molar-refractivity contribution in [1.82, 2.24) is 10.2 Å². The SMILES string of the molecule is CC1CCCC(N(C)CCC(C)(NC2CC2)C(N)=O)C1. The second-order valence-electron chi connectivity index (χ2n) is 7.27. The van der Waals surface area contributed by atoms with Crippen LogP contribution in [-0.2, 0) is 4.79 Å². The molecule has 0 aromatic heterocycles. The van der Waals surface area contributed by atoms with Crippen LogP contribution in [0, 0.1) is 5.92 Å². The molecule has 3 N–H and O–H groups in total. The van der Waals surface area contributed by atoms with E-state index in [4.69, 9.17) is 5.73 Å². The molecule has 0 radical (unpaired) electrons. The quantitative estimate of drug-likeness (QED) is 0.749. The number of hydrogen-bond acceptors (Lipinski definition) is 3. The largest absolute Gasteiger partial charge is 0.368 e. The van der Waals surface area contributed by atoms with Crippen LogP contribution in [0.1, 0.15) is 58.8 Å². The van der Waals surface area contributed by atoms with E-state index < -0.39 is 5.54 Å². The van der Waals surface area contributed by atoms with Crippen LogP contribution in [0.4, 0.5) is 0 Å². The van der Waals surface area contributed by atoms with Gasteiger partial charge in [0.15, 0.2) is 0 Å². The Morgan fingerprint density at radius 2 is 2.05 bits per heavy atom. The number of nitrogens with two attached hydrogens (primary N) is 1. The van der Waals surface area contributed by atoms with Crippen LogP contribution in [0.3, 0.4) is 0 Å². The highest BCUT2D eigenvalue weighted by Crippen LogP contribution is 2.28. The van der Waals surface area contributed by atoms with E-state index >= 15 is 0 Å². The van der Waals surface area contributed by atoms with Crippen molar-refractivity contribution < 1.29 is 4.79 Å². The molecule has 0 aromatic rings. The molecule has 0 heterocycles. The van der Waals surface area contributed by atoms with Crippen LogP contribution in [0.2, 0.25) is 0 Å². The van der Waals surface area contributed by atoms with Crippen LogP contribution in [0.5, 0.6) is 0 Å². The lowest BCUT2D eigenvalue weighted by atomic mass is 9.86. The van der Waals surface area contributed by atoms with E-state index in [1.807, 2.05) is 6.92 Å². The van der Waals surface area contributed by atoms with Gasteiger partial charge in [-0.15, -0.1) is 0 Å². The fourth-order valence-electron chi connectivity index (χ4n) is 3.33. The first-order valence-corrected chi connectivity index (χ1v) is 8.18. The third-order valence-corrected chi connectivity index (χ3v) is 5.14. The predicted molar refractivity (Wildman–Crippen MR) is 82.4 cm³/mol. The number of carbonyl (C=O) groups is 1. The van der Waals surface area contributed by atoms with Crippen molar-refractivity contribution in [2.45, 2.75) is 76.4 Å². The molecule has 2 aliphatic rings. The second kappa shape index (κ2) is 6.44. The lowest BCUT2D eigenvalue weighted by molar-refractivity contribution is -0.124. The van der Waals surface area contributed by atoms with Crippen LogP contribution in [0.25, 0.3) is 0 Å². The number of hydrogen-bond donors (Lipinski definition) is 2. The number of rotatable bonds is 7. The first kappa shape index (κ1) is 15.8. The van der Waals surface area contributed by atoms with Gasteiger partial charge in [-0.25, -0.2) is 0 Å². The molecule has 2 fully saturated rings. The van der Waals surface area contributed by atoms with Gasteiger partial charge in [0.1, 0.15) is 0 Å². The van der Waals surface area contributed by atoms with Gasteiger partial charge < -0.3 is 16.0 Å². The summed E-state index contributed by atoms with van der Waals surface area (Å²) in [5.41, 5.74) is 5.07. The van der Waals surface area contributed by atoms with Crippen molar-refractivity contribution in [2.75, 3.05) is 13.6 Å². The third kappa shape index (κ3) is 4.19. The molecule has 0 spiro atoms. The Morgan fingerprint density at radius 1 is 1.35 bits per heavy atom. The summed E-state index contributed by atoms with van der Waals surface area (Å²) in [6.07, 6.45) is 8.46. The molecule has 4 heteroatoms. The highest BCUT2D eigenvalue weighted by molar-refractivity contribution is 5.84. The zero-order chi connectivity index (χ0) is 14.8. The van der Waals surface area contributed by atoms with Crippen molar-refractivity contribution in [2.24, 2.45) is 11.7 Å². The van der Waals surface area contributed by atoms with Crippen LogP contribution < -0.4 is 11.1 Å². The summed E-state index contributed by atoms with van der Waals surface area (Å²) in [5, 5.41) is 3.43. The molecule has 0 aromatic carbocycles. The molecule has 0 saturated heterocycles. The summed E-state index contributed by atoms with van der Waals surface area (Å²) in [4.78, 5) is 14.2. The second-order valence-corrected chi connectivity index (χ2v) is 7.27. The zero-order valence-corrected chi connectivity index (χ0v) is 13.3. The summed E-state index contributed by atoms with van der Waals surface area (Å²) in [6, 6.07) is 1.18. The van der Waals surface area contributed by atoms with Crippen molar-refractivity contribution in [3.8, 4) is 0 Å². The van der Waals surface area contributed by atoms with Crippen molar-refractivity contribution in [3.63, 3.8) is 0 Å². The fourth-order valence-corrected chi connectivity index (χ4v) is 3.33. The van der Waals surface area contributed by atoms with Crippen molar-refractivity contribution in [3.05, 3.63) is 0 Å². The molecule has 3 atom stereocenters. The predicted octanol–water partition coefficient (Wildman–Crippen LogP) is 1.88. The van der Waals surface area contributed by atoms with E-state index in [9.17, 15) is 4.79 Å². The summed E-state index contributed by atoms with van der Waals surface area (Å²) < 4.78 is 0. The van der Waals surface area contributed by atoms with Crippen molar-refractivity contribution in [1.29, 1.82) is 0 Å². The van der Waals surface area contributed by atoms with Gasteiger partial charge in [-0.05, 0) is 52.0 Å². The molecule has 2 rings (SSSR count). The number of primary amides is 1. The van der Waals surface area contributed by atoms with Gasteiger partial charge >= 0.3 is 0 Å². The number of nitrogens with one attached hydrogen (secondary N) is 1. The van der Waals surface area contributed by atoms with Crippen molar-refractivity contribution >= 4 is 5.91 Å². The molecule has 0 bridgehead atoms. The summed E-state index contributed by atoms with van der Waals surface area (Å²) in [5.74, 6) is 0.623. The Bertz CT molecular complexity index is 343. The van der Waals surface area contributed by atoms with E-state index in [0.717, 1.165) is 18.9 Å². The number of carbonyl (C=O) groups excluding carboxylic acids is 1. The third-order valence-electron chi connectivity index (χ3n) is 5.14. The minimum absolute atomic E-state index is 0.213.